The van der Waals surface area contributed by atoms with Crippen molar-refractivity contribution in [1.82, 2.24) is 0 Å². The normalized spacial score (nSPS) is 8.57. The Hall–Kier alpha value is -18.6. The summed E-state index contributed by atoms with van der Waals surface area (Å²) in [6, 6.07) is 166. The lowest BCUT2D eigenvalue weighted by Crippen LogP contribution is -1.56. The minimum absolute atomic E-state index is 0.322. The summed E-state index contributed by atoms with van der Waals surface area (Å²) in [5.41, 5.74) is 0. The van der Waals surface area contributed by atoms with Crippen molar-refractivity contribution in [1.29, 1.82) is 0 Å². The lowest BCUT2D eigenvalue weighted by atomic mass is 10.3. The first-order chi connectivity index (χ1) is 64.5. The largest absolute Gasteiger partial charge is 0.508 e. The van der Waals surface area contributed by atoms with Crippen LogP contribution in [0.15, 0.2) is 576 Å². The molecule has 0 atom stereocenters. The summed E-state index contributed by atoms with van der Waals surface area (Å²) in [5.74, 6) is 6.11. The number of aromatic hydroxyl groups is 19. The van der Waals surface area contributed by atoms with Gasteiger partial charge in [-0.25, -0.2) is 0 Å². The topological polar surface area (TPSA) is 384 Å². The van der Waals surface area contributed by atoms with E-state index < -0.39 is 0 Å². The van der Waals surface area contributed by atoms with Crippen LogP contribution in [-0.2, 0) is 0 Å². The number of hydrogen-bond donors (Lipinski definition) is 19. The molecule has 19 aromatic carbocycles. The molecule has 0 aliphatic carbocycles. The van der Waals surface area contributed by atoms with Gasteiger partial charge in [-0.2, -0.15) is 0 Å². The Kier molecular flexibility index (Phi) is 68.0. The maximum absolute atomic E-state index is 8.63. The second-order valence-electron chi connectivity index (χ2n) is 25.4. The van der Waals surface area contributed by atoms with Crippen molar-refractivity contribution >= 4 is 0 Å². The van der Waals surface area contributed by atoms with E-state index in [-0.39, 0.29) is 0 Å². The van der Waals surface area contributed by atoms with E-state index in [2.05, 4.69) is 0 Å². The van der Waals surface area contributed by atoms with E-state index in [4.69, 9.17) is 97.0 Å². The number of para-hydroxylation sites is 19. The summed E-state index contributed by atoms with van der Waals surface area (Å²) in [6.07, 6.45) is 0. The van der Waals surface area contributed by atoms with Gasteiger partial charge >= 0.3 is 0 Å². The van der Waals surface area contributed by atoms with Gasteiger partial charge in [0.1, 0.15) is 109 Å². The zero-order chi connectivity index (χ0) is 97.1. The fraction of sp³-hybridized carbons (Fsp3) is 0. The van der Waals surface area contributed by atoms with Crippen LogP contribution >= 0.6 is 0 Å². The van der Waals surface area contributed by atoms with Crippen LogP contribution in [-0.4, -0.2) is 97.0 Å². The number of phenols is 19. The summed E-state index contributed by atoms with van der Waals surface area (Å²) in [7, 11) is 0. The third kappa shape index (κ3) is 79.1. The van der Waals surface area contributed by atoms with E-state index in [0.717, 1.165) is 0 Å². The predicted molar refractivity (Wildman–Crippen MR) is 534 cm³/mol. The Balaban J connectivity index is 0.000000702. The molecule has 19 nitrogen and oxygen atoms in total. The van der Waals surface area contributed by atoms with Crippen LogP contribution in [0, 0.1) is 0 Å². The van der Waals surface area contributed by atoms with E-state index >= 15 is 0 Å². The third-order valence-electron chi connectivity index (χ3n) is 14.4. The molecule has 133 heavy (non-hydrogen) atoms. The Morgan fingerprint density at radius 1 is 0.0526 bits per heavy atom. The lowest BCUT2D eigenvalue weighted by Gasteiger charge is -1.82. The van der Waals surface area contributed by atoms with Crippen molar-refractivity contribution < 1.29 is 97.0 Å². The second kappa shape index (κ2) is 80.5. The molecule has 19 aromatic rings. The van der Waals surface area contributed by atoms with Gasteiger partial charge in [0, 0.05) is 0 Å². The highest BCUT2D eigenvalue weighted by molar-refractivity contribution is 5.29. The quantitative estimate of drug-likeness (QED) is 0.0670. The standard InChI is InChI=1S/19C6H6O/c19*7-6-4-2-1-3-5-6/h19*1-5,7H. The van der Waals surface area contributed by atoms with Gasteiger partial charge in [0.25, 0.3) is 0 Å². The molecule has 0 aliphatic heterocycles. The zero-order valence-electron chi connectivity index (χ0n) is 72.8. The summed E-state index contributed by atoms with van der Waals surface area (Å²) < 4.78 is 0. The highest BCUT2D eigenvalue weighted by atomic mass is 16.3. The van der Waals surface area contributed by atoms with Crippen molar-refractivity contribution in [2.24, 2.45) is 0 Å². The van der Waals surface area contributed by atoms with Crippen LogP contribution in [0.2, 0.25) is 0 Å². The van der Waals surface area contributed by atoms with Crippen LogP contribution in [0.1, 0.15) is 0 Å². The predicted octanol–water partition coefficient (Wildman–Crippen LogP) is 26.5. The number of hydrogen-bond acceptors (Lipinski definition) is 19. The molecule has 0 heterocycles. The van der Waals surface area contributed by atoms with Crippen LogP contribution in [0.3, 0.4) is 0 Å². The fourth-order valence-corrected chi connectivity index (χ4v) is 8.13. The molecule has 0 spiro atoms. The molecular formula is C114H114O19. The van der Waals surface area contributed by atoms with Gasteiger partial charge < -0.3 is 97.0 Å². The molecular weight excluding hydrogens is 1670 g/mol. The minimum atomic E-state index is 0.322. The molecule has 19 rings (SSSR count). The van der Waals surface area contributed by atoms with Crippen molar-refractivity contribution in [3.63, 3.8) is 0 Å². The first-order valence-corrected chi connectivity index (χ1v) is 40.6. The number of benzene rings is 19. The van der Waals surface area contributed by atoms with E-state index in [1.807, 2.05) is 115 Å². The fourth-order valence-electron chi connectivity index (χ4n) is 8.13. The third-order valence-corrected chi connectivity index (χ3v) is 14.4. The highest BCUT2D eigenvalue weighted by Crippen LogP contribution is 2.14. The van der Waals surface area contributed by atoms with Crippen LogP contribution < -0.4 is 0 Å². The summed E-state index contributed by atoms with van der Waals surface area (Å²) in [5, 5.41) is 164. The van der Waals surface area contributed by atoms with Crippen molar-refractivity contribution in [3.8, 4) is 109 Å². The molecule has 0 saturated carbocycles. The van der Waals surface area contributed by atoms with Crippen molar-refractivity contribution in [2.75, 3.05) is 0 Å². The molecule has 0 bridgehead atoms. The zero-order valence-corrected chi connectivity index (χ0v) is 72.8. The van der Waals surface area contributed by atoms with E-state index in [1.54, 1.807) is 461 Å². The van der Waals surface area contributed by atoms with Gasteiger partial charge in [-0.3, -0.25) is 0 Å². The first kappa shape index (κ1) is 112. The lowest BCUT2D eigenvalue weighted by molar-refractivity contribution is 0.475. The molecule has 19 heteroatoms. The molecule has 0 radical (unpaired) electrons. The van der Waals surface area contributed by atoms with Crippen molar-refractivity contribution in [2.45, 2.75) is 0 Å². The van der Waals surface area contributed by atoms with Crippen LogP contribution in [0.25, 0.3) is 0 Å². The molecule has 0 aliphatic rings. The molecule has 19 N–H and O–H groups in total. The molecule has 0 fully saturated rings. The van der Waals surface area contributed by atoms with Gasteiger partial charge in [-0.1, -0.05) is 346 Å². The first-order valence-electron chi connectivity index (χ1n) is 40.6. The maximum atomic E-state index is 8.63. The smallest absolute Gasteiger partial charge is 0.115 e. The molecule has 0 unspecified atom stereocenters. The van der Waals surface area contributed by atoms with Crippen LogP contribution in [0.5, 0.6) is 109 Å². The minimum Gasteiger partial charge on any atom is -0.508 e. The Morgan fingerprint density at radius 3 is 0.0977 bits per heavy atom. The van der Waals surface area contributed by atoms with Gasteiger partial charge in [-0.15, -0.1) is 0 Å². The summed E-state index contributed by atoms with van der Waals surface area (Å²) >= 11 is 0. The van der Waals surface area contributed by atoms with Crippen molar-refractivity contribution in [3.05, 3.63) is 576 Å². The van der Waals surface area contributed by atoms with Gasteiger partial charge in [0.2, 0.25) is 0 Å². The Labute approximate surface area is 778 Å². The summed E-state index contributed by atoms with van der Waals surface area (Å²) in [6.45, 7) is 0. The highest BCUT2D eigenvalue weighted by Gasteiger charge is 1.86. The average molecular weight is 1790 g/mol. The van der Waals surface area contributed by atoms with E-state index in [1.165, 1.54) is 0 Å². The van der Waals surface area contributed by atoms with Gasteiger partial charge in [0.15, 0.2) is 0 Å². The van der Waals surface area contributed by atoms with E-state index in [9.17, 15) is 0 Å². The molecule has 684 valence electrons. The molecule has 0 saturated heterocycles. The van der Waals surface area contributed by atoms with Gasteiger partial charge in [0.05, 0.1) is 0 Å². The average Bonchev–Trinajstić information content (AvgIpc) is 1.57. The SMILES string of the molecule is Oc1ccccc1.Oc1ccccc1.Oc1ccccc1.Oc1ccccc1.Oc1ccccc1.Oc1ccccc1.Oc1ccccc1.Oc1ccccc1.Oc1ccccc1.Oc1ccccc1.Oc1ccccc1.Oc1ccccc1.Oc1ccccc1.Oc1ccccc1.Oc1ccccc1.Oc1ccccc1.Oc1ccccc1.Oc1ccccc1.Oc1ccccc1. The molecule has 0 amide bonds. The maximum Gasteiger partial charge on any atom is 0.115 e. The number of phenolic OH excluding ortho intramolecular Hbond substituents is 19. The van der Waals surface area contributed by atoms with Gasteiger partial charge in [-0.05, 0) is 231 Å². The summed E-state index contributed by atoms with van der Waals surface area (Å²) in [4.78, 5) is 0. The number of rotatable bonds is 0. The Bertz CT molecular complexity index is 4060. The van der Waals surface area contributed by atoms with E-state index in [0.29, 0.717) is 109 Å². The molecule has 0 aromatic heterocycles. The second-order valence-corrected chi connectivity index (χ2v) is 25.4. The Morgan fingerprint density at radius 2 is 0.0827 bits per heavy atom. The monoisotopic (exact) mass is 1790 g/mol. The van der Waals surface area contributed by atoms with Crippen LogP contribution in [0.4, 0.5) is 0 Å².